The summed E-state index contributed by atoms with van der Waals surface area (Å²) in [5.74, 6) is 0.258. The molecule has 0 aromatic heterocycles. The molecule has 2 saturated heterocycles. The van der Waals surface area contributed by atoms with E-state index in [1.807, 2.05) is 13.0 Å². The molecule has 2 aromatic rings. The van der Waals surface area contributed by atoms with Gasteiger partial charge in [-0.2, -0.15) is 8.42 Å². The molecule has 1 atom stereocenters. The van der Waals surface area contributed by atoms with Crippen molar-refractivity contribution >= 4 is 39.6 Å². The number of carboxylic acids is 1. The third-order valence-corrected chi connectivity index (χ3v) is 8.25. The van der Waals surface area contributed by atoms with Gasteiger partial charge in [0.1, 0.15) is 23.7 Å². The SMILES string of the molecule is Cc1c(OC2CCN(CC3CCN([C@@H](Cc4ccc(F)cc4)C(=O)O)CC3)CC2)ccc(Cl)c1Cl.O=S(=O)(O)O. The number of aliphatic carboxylic acids is 1. The lowest BCUT2D eigenvalue weighted by Crippen LogP contribution is -2.48. The molecule has 2 aromatic carbocycles. The Morgan fingerprint density at radius 1 is 1.02 bits per heavy atom. The van der Waals surface area contributed by atoms with Crippen LogP contribution in [0.15, 0.2) is 36.4 Å². The van der Waals surface area contributed by atoms with Crippen LogP contribution in [-0.2, 0) is 21.6 Å². The Hall–Kier alpha value is -1.99. The van der Waals surface area contributed by atoms with Crippen molar-refractivity contribution < 1.29 is 36.6 Å². The molecule has 9 nitrogen and oxygen atoms in total. The summed E-state index contributed by atoms with van der Waals surface area (Å²) in [5.41, 5.74) is 1.73. The summed E-state index contributed by atoms with van der Waals surface area (Å²) in [4.78, 5) is 16.5. The summed E-state index contributed by atoms with van der Waals surface area (Å²) in [6.45, 7) is 6.51. The van der Waals surface area contributed by atoms with Crippen LogP contribution in [0.5, 0.6) is 5.75 Å². The van der Waals surface area contributed by atoms with Crippen LogP contribution in [0.1, 0.15) is 36.8 Å². The molecule has 0 unspecified atom stereocenters. The molecular weight excluding hydrogens is 586 g/mol. The smallest absolute Gasteiger partial charge is 0.394 e. The van der Waals surface area contributed by atoms with Crippen molar-refractivity contribution in [1.82, 2.24) is 9.80 Å². The number of halogens is 3. The summed E-state index contributed by atoms with van der Waals surface area (Å²) in [5, 5.41) is 10.9. The zero-order valence-electron chi connectivity index (χ0n) is 22.2. The fourth-order valence-corrected chi connectivity index (χ4v) is 5.54. The van der Waals surface area contributed by atoms with Crippen molar-refractivity contribution in [2.24, 2.45) is 5.92 Å². The molecule has 3 N–H and O–H groups in total. The van der Waals surface area contributed by atoms with Gasteiger partial charge >= 0.3 is 16.4 Å². The monoisotopic (exact) mass is 620 g/mol. The van der Waals surface area contributed by atoms with Gasteiger partial charge < -0.3 is 14.7 Å². The standard InChI is InChI=1S/C27H33Cl2FN2O3.H2O4S/c1-18-25(7-6-23(28)26(18)29)35-22-10-12-31(13-11-22)17-20-8-14-32(15-9-20)24(27(33)34)16-19-2-4-21(30)5-3-19;1-5(2,3)4/h2-7,20,22,24H,8-17H2,1H3,(H,33,34);(H2,1,2,3,4)/t24-;/m0./s1. The third-order valence-electron chi connectivity index (χ3n) is 7.35. The highest BCUT2D eigenvalue weighted by atomic mass is 35.5. The predicted molar refractivity (Wildman–Crippen MR) is 151 cm³/mol. The van der Waals surface area contributed by atoms with E-state index in [-0.39, 0.29) is 11.9 Å². The Morgan fingerprint density at radius 2 is 1.60 bits per heavy atom. The average Bonchev–Trinajstić information content (AvgIpc) is 2.89. The van der Waals surface area contributed by atoms with Crippen LogP contribution in [0.3, 0.4) is 0 Å². The van der Waals surface area contributed by atoms with Crippen LogP contribution in [-0.4, -0.2) is 83.3 Å². The molecule has 4 rings (SSSR count). The number of benzene rings is 2. The minimum atomic E-state index is -4.67. The number of carboxylic acid groups (broad SMARTS) is 1. The Kier molecular flexibility index (Phi) is 12.0. The zero-order chi connectivity index (χ0) is 29.4. The van der Waals surface area contributed by atoms with Crippen LogP contribution in [0, 0.1) is 18.7 Å². The van der Waals surface area contributed by atoms with Gasteiger partial charge in [0.25, 0.3) is 0 Å². The average molecular weight is 622 g/mol. The molecule has 0 radical (unpaired) electrons. The van der Waals surface area contributed by atoms with Crippen LogP contribution >= 0.6 is 23.2 Å². The van der Waals surface area contributed by atoms with Gasteiger partial charge in [0.2, 0.25) is 0 Å². The second-order valence-electron chi connectivity index (χ2n) is 10.2. The lowest BCUT2D eigenvalue weighted by Gasteiger charge is -2.39. The van der Waals surface area contributed by atoms with Gasteiger partial charge in [-0.1, -0.05) is 35.3 Å². The molecular formula is C27H35Cl2FN2O7S. The molecule has 40 heavy (non-hydrogen) atoms. The first-order valence-electron chi connectivity index (χ1n) is 13.0. The van der Waals surface area contributed by atoms with E-state index in [1.54, 1.807) is 18.2 Å². The van der Waals surface area contributed by atoms with Gasteiger partial charge in [-0.15, -0.1) is 0 Å². The topological polar surface area (TPSA) is 128 Å². The molecule has 2 fully saturated rings. The number of hydrogen-bond donors (Lipinski definition) is 3. The highest BCUT2D eigenvalue weighted by molar-refractivity contribution is 7.79. The summed E-state index contributed by atoms with van der Waals surface area (Å²) in [7, 11) is -4.67. The molecule has 0 amide bonds. The molecule has 0 spiro atoms. The number of nitrogens with zero attached hydrogens (tertiary/aromatic N) is 2. The Bertz CT molecular complexity index is 1230. The lowest BCUT2D eigenvalue weighted by molar-refractivity contribution is -0.144. The van der Waals surface area contributed by atoms with Crippen LogP contribution < -0.4 is 4.74 Å². The highest BCUT2D eigenvalue weighted by Crippen LogP contribution is 2.33. The van der Waals surface area contributed by atoms with E-state index in [4.69, 9.17) is 45.5 Å². The predicted octanol–water partition coefficient (Wildman–Crippen LogP) is 5.04. The van der Waals surface area contributed by atoms with Crippen molar-refractivity contribution in [3.05, 3.63) is 63.4 Å². The van der Waals surface area contributed by atoms with Gasteiger partial charge in [-0.3, -0.25) is 18.8 Å². The number of rotatable bonds is 8. The second kappa shape index (κ2) is 14.8. The van der Waals surface area contributed by atoms with E-state index < -0.39 is 22.4 Å². The van der Waals surface area contributed by atoms with Gasteiger partial charge in [0.05, 0.1) is 10.0 Å². The fraction of sp³-hybridized carbons (Fsp3) is 0.519. The molecule has 222 valence electrons. The lowest BCUT2D eigenvalue weighted by atomic mass is 9.93. The maximum Gasteiger partial charge on any atom is 0.394 e. The van der Waals surface area contributed by atoms with Crippen molar-refractivity contribution in [1.29, 1.82) is 0 Å². The van der Waals surface area contributed by atoms with Gasteiger partial charge in [-0.05, 0) is 87.9 Å². The molecule has 2 aliphatic rings. The summed E-state index contributed by atoms with van der Waals surface area (Å²) < 4.78 is 51.0. The van der Waals surface area contributed by atoms with Gasteiger partial charge in [0, 0.05) is 25.2 Å². The maximum absolute atomic E-state index is 13.2. The minimum absolute atomic E-state index is 0.173. The van der Waals surface area contributed by atoms with E-state index >= 15 is 0 Å². The molecule has 0 saturated carbocycles. The molecule has 0 bridgehead atoms. The fourth-order valence-electron chi connectivity index (χ4n) is 5.18. The first-order valence-corrected chi connectivity index (χ1v) is 15.2. The van der Waals surface area contributed by atoms with Crippen LogP contribution in [0.2, 0.25) is 10.0 Å². The minimum Gasteiger partial charge on any atom is -0.490 e. The van der Waals surface area contributed by atoms with Crippen molar-refractivity contribution in [2.75, 3.05) is 32.7 Å². The maximum atomic E-state index is 13.2. The number of ether oxygens (including phenoxy) is 1. The Morgan fingerprint density at radius 3 is 2.15 bits per heavy atom. The quantitative estimate of drug-likeness (QED) is 0.348. The van der Waals surface area contributed by atoms with Crippen molar-refractivity contribution in [2.45, 2.75) is 51.2 Å². The molecule has 2 aliphatic heterocycles. The first kappa shape index (κ1) is 32.5. The van der Waals surface area contributed by atoms with Crippen molar-refractivity contribution in [3.63, 3.8) is 0 Å². The number of likely N-dealkylation sites (tertiary alicyclic amines) is 2. The van der Waals surface area contributed by atoms with Crippen molar-refractivity contribution in [3.8, 4) is 5.75 Å². The van der Waals surface area contributed by atoms with E-state index in [0.717, 1.165) is 75.3 Å². The largest absolute Gasteiger partial charge is 0.490 e. The number of piperidine rings is 2. The Labute approximate surface area is 244 Å². The van der Waals surface area contributed by atoms with Gasteiger partial charge in [-0.25, -0.2) is 4.39 Å². The van der Waals surface area contributed by atoms with E-state index in [9.17, 15) is 14.3 Å². The second-order valence-corrected chi connectivity index (χ2v) is 11.9. The van der Waals surface area contributed by atoms with Gasteiger partial charge in [0.15, 0.2) is 0 Å². The summed E-state index contributed by atoms with van der Waals surface area (Å²) in [6.07, 6.45) is 4.49. The first-order chi connectivity index (χ1) is 18.8. The summed E-state index contributed by atoms with van der Waals surface area (Å²) >= 11 is 12.3. The van der Waals surface area contributed by atoms with Crippen LogP contribution in [0.25, 0.3) is 0 Å². The molecule has 2 heterocycles. The van der Waals surface area contributed by atoms with E-state index in [1.165, 1.54) is 12.1 Å². The summed E-state index contributed by atoms with van der Waals surface area (Å²) in [6, 6.07) is 9.23. The van der Waals surface area contributed by atoms with Crippen LogP contribution in [0.4, 0.5) is 4.39 Å². The Balaban J connectivity index is 0.000000810. The highest BCUT2D eigenvalue weighted by Gasteiger charge is 2.31. The number of carbonyl (C=O) groups is 1. The zero-order valence-corrected chi connectivity index (χ0v) is 24.5. The van der Waals surface area contributed by atoms with E-state index in [0.29, 0.717) is 22.4 Å². The normalized spacial score (nSPS) is 18.6. The van der Waals surface area contributed by atoms with E-state index in [2.05, 4.69) is 9.80 Å². The molecule has 0 aliphatic carbocycles. The third kappa shape index (κ3) is 10.4. The molecule has 13 heteroatoms. The number of hydrogen-bond acceptors (Lipinski definition) is 6.